The minimum absolute atomic E-state index is 0.0271. The SMILES string of the molecule is CC(O)C(NC(=O)CNC(=O)C(N)CO)C(=O)NC(Cc1c[nH]c2ccccc12)C(=O)O. The van der Waals surface area contributed by atoms with Gasteiger partial charge in [-0.2, -0.15) is 0 Å². The molecule has 0 bridgehead atoms. The van der Waals surface area contributed by atoms with Gasteiger partial charge in [0.2, 0.25) is 17.7 Å². The number of aliphatic carboxylic acids is 1. The number of nitrogens with one attached hydrogen (secondary N) is 4. The highest BCUT2D eigenvalue weighted by atomic mass is 16.4. The lowest BCUT2D eigenvalue weighted by Gasteiger charge is -2.23. The van der Waals surface area contributed by atoms with Gasteiger partial charge in [-0.05, 0) is 18.6 Å². The summed E-state index contributed by atoms with van der Waals surface area (Å²) in [5.74, 6) is -3.78. The molecule has 4 unspecified atom stereocenters. The number of hydrogen-bond acceptors (Lipinski definition) is 7. The second-order valence-corrected chi connectivity index (χ2v) is 7.26. The van der Waals surface area contributed by atoms with Gasteiger partial charge in [0.25, 0.3) is 0 Å². The molecule has 0 aliphatic rings. The Bertz CT molecular complexity index is 974. The second-order valence-electron chi connectivity index (χ2n) is 7.26. The Balaban J connectivity index is 2.03. The third kappa shape index (κ3) is 6.51. The lowest BCUT2D eigenvalue weighted by Crippen LogP contribution is -2.57. The van der Waals surface area contributed by atoms with Crippen LogP contribution < -0.4 is 21.7 Å². The number of nitrogens with two attached hydrogens (primary N) is 1. The lowest BCUT2D eigenvalue weighted by molar-refractivity contribution is -0.142. The molecule has 1 aromatic carbocycles. The van der Waals surface area contributed by atoms with Crippen molar-refractivity contribution in [1.82, 2.24) is 20.9 Å². The average Bonchev–Trinajstić information content (AvgIpc) is 3.17. The fourth-order valence-corrected chi connectivity index (χ4v) is 2.99. The van der Waals surface area contributed by atoms with Crippen LogP contribution in [0.25, 0.3) is 10.9 Å². The van der Waals surface area contributed by atoms with E-state index in [0.717, 1.165) is 10.9 Å². The zero-order valence-corrected chi connectivity index (χ0v) is 17.4. The second kappa shape index (κ2) is 11.2. The number of rotatable bonds is 11. The molecular weight excluding hydrogens is 422 g/mol. The molecule has 0 aliphatic heterocycles. The summed E-state index contributed by atoms with van der Waals surface area (Å²) in [6.07, 6.45) is 0.276. The number of carbonyl (C=O) groups is 4. The van der Waals surface area contributed by atoms with E-state index in [1.165, 1.54) is 6.92 Å². The third-order valence-corrected chi connectivity index (χ3v) is 4.75. The van der Waals surface area contributed by atoms with Gasteiger partial charge in [0.1, 0.15) is 18.1 Å². The number of carboxylic acid groups (broad SMARTS) is 1. The van der Waals surface area contributed by atoms with Crippen molar-refractivity contribution in [3.63, 3.8) is 0 Å². The van der Waals surface area contributed by atoms with E-state index < -0.39 is 61.1 Å². The van der Waals surface area contributed by atoms with Gasteiger partial charge in [-0.25, -0.2) is 4.79 Å². The van der Waals surface area contributed by atoms with E-state index in [9.17, 15) is 29.4 Å². The third-order valence-electron chi connectivity index (χ3n) is 4.75. The van der Waals surface area contributed by atoms with Crippen LogP contribution in [0.3, 0.4) is 0 Å². The Morgan fingerprint density at radius 1 is 1.12 bits per heavy atom. The van der Waals surface area contributed by atoms with Crippen molar-refractivity contribution in [2.45, 2.75) is 37.6 Å². The summed E-state index contributed by atoms with van der Waals surface area (Å²) in [5, 5.41) is 35.9. The summed E-state index contributed by atoms with van der Waals surface area (Å²) < 4.78 is 0. The van der Waals surface area contributed by atoms with Crippen molar-refractivity contribution < 1.29 is 34.5 Å². The maximum atomic E-state index is 12.6. The van der Waals surface area contributed by atoms with Gasteiger partial charge >= 0.3 is 5.97 Å². The predicted octanol–water partition coefficient (Wildman–Crippen LogP) is -2.42. The molecule has 3 amide bonds. The van der Waals surface area contributed by atoms with Gasteiger partial charge in [0, 0.05) is 23.5 Å². The van der Waals surface area contributed by atoms with E-state index in [4.69, 9.17) is 10.8 Å². The Kier molecular flexibility index (Phi) is 8.70. The number of fused-ring (bicyclic) bond motifs is 1. The van der Waals surface area contributed by atoms with Crippen LogP contribution in [0.1, 0.15) is 12.5 Å². The number of para-hydroxylation sites is 1. The standard InChI is InChI=1S/C20H27N5O7/c1-10(27)17(25-16(28)8-23-18(29)13(21)9-26)19(30)24-15(20(31)32)6-11-7-22-14-5-3-2-4-12(11)14/h2-5,7,10,13,15,17,22,26-27H,6,8-9,21H2,1H3,(H,23,29)(H,24,30)(H,25,28)(H,31,32). The first kappa shape index (κ1) is 24.8. The number of aliphatic hydroxyl groups excluding tert-OH is 2. The molecule has 2 rings (SSSR count). The number of benzene rings is 1. The summed E-state index contributed by atoms with van der Waals surface area (Å²) in [5.41, 5.74) is 6.81. The van der Waals surface area contributed by atoms with Crippen molar-refractivity contribution in [1.29, 1.82) is 0 Å². The molecular formula is C20H27N5O7. The van der Waals surface area contributed by atoms with Crippen molar-refractivity contribution in [2.24, 2.45) is 5.73 Å². The molecule has 1 aromatic heterocycles. The zero-order chi connectivity index (χ0) is 23.8. The number of aliphatic hydroxyl groups is 2. The lowest BCUT2D eigenvalue weighted by atomic mass is 10.0. The van der Waals surface area contributed by atoms with Crippen LogP contribution in [-0.2, 0) is 25.6 Å². The fourth-order valence-electron chi connectivity index (χ4n) is 2.99. The van der Waals surface area contributed by atoms with Crippen molar-refractivity contribution in [3.8, 4) is 0 Å². The maximum Gasteiger partial charge on any atom is 0.326 e. The summed E-state index contributed by atoms with van der Waals surface area (Å²) >= 11 is 0. The van der Waals surface area contributed by atoms with Crippen molar-refractivity contribution >= 4 is 34.6 Å². The molecule has 12 nitrogen and oxygen atoms in total. The summed E-state index contributed by atoms with van der Waals surface area (Å²) in [4.78, 5) is 51.0. The Hall–Kier alpha value is -3.48. The number of hydrogen-bond donors (Lipinski definition) is 8. The predicted molar refractivity (Wildman–Crippen MR) is 113 cm³/mol. The molecule has 1 heterocycles. The van der Waals surface area contributed by atoms with E-state index in [1.54, 1.807) is 12.3 Å². The fraction of sp³-hybridized carbons (Fsp3) is 0.400. The number of carboxylic acids is 1. The van der Waals surface area contributed by atoms with E-state index in [-0.39, 0.29) is 6.42 Å². The smallest absolute Gasteiger partial charge is 0.326 e. The van der Waals surface area contributed by atoms with E-state index in [2.05, 4.69) is 20.9 Å². The van der Waals surface area contributed by atoms with Crippen LogP contribution in [0, 0.1) is 0 Å². The molecule has 9 N–H and O–H groups in total. The number of carbonyl (C=O) groups excluding carboxylic acids is 3. The molecule has 0 fully saturated rings. The number of amides is 3. The molecule has 0 spiro atoms. The molecule has 0 radical (unpaired) electrons. The molecule has 174 valence electrons. The van der Waals surface area contributed by atoms with Gasteiger partial charge in [-0.1, -0.05) is 18.2 Å². The first-order chi connectivity index (χ1) is 15.1. The molecule has 2 aromatic rings. The number of H-pyrrole nitrogens is 1. The van der Waals surface area contributed by atoms with Crippen LogP contribution in [0.4, 0.5) is 0 Å². The van der Waals surface area contributed by atoms with Gasteiger partial charge in [-0.15, -0.1) is 0 Å². The van der Waals surface area contributed by atoms with Gasteiger partial charge in [0.05, 0.1) is 19.3 Å². The van der Waals surface area contributed by atoms with Crippen LogP contribution in [-0.4, -0.2) is 81.4 Å². The number of aromatic nitrogens is 1. The topological polar surface area (TPSA) is 207 Å². The van der Waals surface area contributed by atoms with E-state index in [0.29, 0.717) is 5.56 Å². The van der Waals surface area contributed by atoms with Crippen LogP contribution in [0.15, 0.2) is 30.5 Å². The first-order valence-electron chi connectivity index (χ1n) is 9.83. The van der Waals surface area contributed by atoms with Gasteiger partial charge in [-0.3, -0.25) is 14.4 Å². The minimum atomic E-state index is -1.46. The Morgan fingerprint density at radius 3 is 2.44 bits per heavy atom. The van der Waals surface area contributed by atoms with Crippen molar-refractivity contribution in [3.05, 3.63) is 36.0 Å². The Labute approximate surface area is 183 Å². The highest BCUT2D eigenvalue weighted by Gasteiger charge is 2.30. The van der Waals surface area contributed by atoms with Gasteiger partial charge in [0.15, 0.2) is 0 Å². The van der Waals surface area contributed by atoms with Crippen molar-refractivity contribution in [2.75, 3.05) is 13.2 Å². The molecule has 0 saturated carbocycles. The first-order valence-corrected chi connectivity index (χ1v) is 9.83. The molecule has 12 heteroatoms. The summed E-state index contributed by atoms with van der Waals surface area (Å²) in [7, 11) is 0. The maximum absolute atomic E-state index is 12.6. The Morgan fingerprint density at radius 2 is 1.81 bits per heavy atom. The highest BCUT2D eigenvalue weighted by molar-refractivity contribution is 5.93. The summed E-state index contributed by atoms with van der Waals surface area (Å²) in [6.45, 7) is 0.0834. The van der Waals surface area contributed by atoms with Crippen LogP contribution in [0.2, 0.25) is 0 Å². The molecule has 4 atom stereocenters. The zero-order valence-electron chi connectivity index (χ0n) is 17.4. The summed E-state index contributed by atoms with van der Waals surface area (Å²) in [6, 6.07) is 3.29. The monoisotopic (exact) mass is 449 g/mol. The normalized spacial score (nSPS) is 14.8. The quantitative estimate of drug-likeness (QED) is 0.185. The van der Waals surface area contributed by atoms with Crippen LogP contribution in [0.5, 0.6) is 0 Å². The van der Waals surface area contributed by atoms with E-state index in [1.807, 2.05) is 18.2 Å². The highest BCUT2D eigenvalue weighted by Crippen LogP contribution is 2.19. The van der Waals surface area contributed by atoms with Gasteiger partial charge < -0.3 is 42.0 Å². The van der Waals surface area contributed by atoms with Crippen LogP contribution >= 0.6 is 0 Å². The molecule has 0 aliphatic carbocycles. The van der Waals surface area contributed by atoms with E-state index >= 15 is 0 Å². The number of aromatic amines is 1. The molecule has 0 saturated heterocycles. The largest absolute Gasteiger partial charge is 0.480 e. The average molecular weight is 449 g/mol. The molecule has 32 heavy (non-hydrogen) atoms. The minimum Gasteiger partial charge on any atom is -0.480 e.